The van der Waals surface area contributed by atoms with Crippen LogP contribution in [0.4, 0.5) is 0 Å². The van der Waals surface area contributed by atoms with Gasteiger partial charge in [0.05, 0.1) is 6.10 Å². The van der Waals surface area contributed by atoms with Gasteiger partial charge in [0.15, 0.2) is 0 Å². The van der Waals surface area contributed by atoms with Crippen molar-refractivity contribution >= 4 is 21.4 Å². The summed E-state index contributed by atoms with van der Waals surface area (Å²) in [5.41, 5.74) is 1.05. The number of rotatable bonds is 3. The molecule has 0 amide bonds. The van der Waals surface area contributed by atoms with E-state index in [-0.39, 0.29) is 5.54 Å². The van der Waals surface area contributed by atoms with Crippen LogP contribution >= 0.6 is 11.3 Å². The summed E-state index contributed by atoms with van der Waals surface area (Å²) in [5.74, 6) is 0. The van der Waals surface area contributed by atoms with E-state index in [1.807, 2.05) is 12.1 Å². The summed E-state index contributed by atoms with van der Waals surface area (Å²) in [5, 5.41) is 16.9. The smallest absolute Gasteiger partial charge is 0.0928 e. The second kappa shape index (κ2) is 4.77. The van der Waals surface area contributed by atoms with Crippen LogP contribution in [0.25, 0.3) is 10.1 Å². The third-order valence-corrected chi connectivity index (χ3v) is 3.67. The van der Waals surface area contributed by atoms with Gasteiger partial charge in [-0.05, 0) is 43.2 Å². The molecule has 0 spiro atoms. The summed E-state index contributed by atoms with van der Waals surface area (Å²) in [4.78, 5) is 0. The van der Waals surface area contributed by atoms with E-state index < -0.39 is 6.10 Å². The average molecular weight is 249 g/mol. The Hall–Kier alpha value is -0.900. The molecule has 0 aliphatic carbocycles. The number of β-amino-alcohol motifs (C(OH)–C–C–N with tert-alkyl or cyclic N) is 1. The summed E-state index contributed by atoms with van der Waals surface area (Å²) < 4.78 is 1.19. The van der Waals surface area contributed by atoms with Gasteiger partial charge in [-0.25, -0.2) is 0 Å². The molecule has 0 saturated heterocycles. The van der Waals surface area contributed by atoms with Crippen LogP contribution in [0.3, 0.4) is 0 Å². The minimum Gasteiger partial charge on any atom is -0.387 e. The topological polar surface area (TPSA) is 32.3 Å². The predicted molar refractivity (Wildman–Crippen MR) is 74.5 cm³/mol. The summed E-state index contributed by atoms with van der Waals surface area (Å²) in [6.07, 6.45) is -0.448. The van der Waals surface area contributed by atoms with Crippen molar-refractivity contribution in [1.82, 2.24) is 5.32 Å². The first-order valence-electron chi connectivity index (χ1n) is 5.86. The first-order valence-corrected chi connectivity index (χ1v) is 6.74. The maximum atomic E-state index is 10.2. The zero-order valence-corrected chi connectivity index (χ0v) is 11.3. The largest absolute Gasteiger partial charge is 0.387 e. The number of hydrogen-bond acceptors (Lipinski definition) is 3. The van der Waals surface area contributed by atoms with Gasteiger partial charge >= 0.3 is 0 Å². The van der Waals surface area contributed by atoms with Crippen LogP contribution in [0, 0.1) is 0 Å². The zero-order valence-electron chi connectivity index (χ0n) is 10.5. The van der Waals surface area contributed by atoms with E-state index in [9.17, 15) is 5.11 Å². The second-order valence-corrected chi connectivity index (χ2v) is 6.25. The summed E-state index contributed by atoms with van der Waals surface area (Å²) in [7, 11) is 0. The summed E-state index contributed by atoms with van der Waals surface area (Å²) >= 11 is 1.69. The Morgan fingerprint density at radius 1 is 1.29 bits per heavy atom. The molecular weight excluding hydrogens is 230 g/mol. The molecular formula is C14H19NOS. The van der Waals surface area contributed by atoms with Crippen LogP contribution in [0.2, 0.25) is 0 Å². The van der Waals surface area contributed by atoms with E-state index in [1.54, 1.807) is 11.3 Å². The Morgan fingerprint density at radius 2 is 2.06 bits per heavy atom. The number of thiophene rings is 1. The molecule has 92 valence electrons. The van der Waals surface area contributed by atoms with Crippen LogP contribution in [0.5, 0.6) is 0 Å². The van der Waals surface area contributed by atoms with Gasteiger partial charge in [0.25, 0.3) is 0 Å². The molecule has 0 bridgehead atoms. The molecule has 0 fully saturated rings. The van der Waals surface area contributed by atoms with Gasteiger partial charge in [0.2, 0.25) is 0 Å². The first-order chi connectivity index (χ1) is 7.97. The number of aliphatic hydroxyl groups excluding tert-OH is 1. The molecule has 1 unspecified atom stereocenters. The Bertz CT molecular complexity index is 498. The molecule has 1 atom stereocenters. The molecule has 2 N–H and O–H groups in total. The van der Waals surface area contributed by atoms with Gasteiger partial charge < -0.3 is 10.4 Å². The molecule has 0 aliphatic rings. The molecule has 0 radical (unpaired) electrons. The number of fused-ring (bicyclic) bond motifs is 1. The Kier molecular flexibility index (Phi) is 3.52. The van der Waals surface area contributed by atoms with Gasteiger partial charge in [0.1, 0.15) is 0 Å². The third-order valence-electron chi connectivity index (χ3n) is 2.69. The number of nitrogens with one attached hydrogen (secondary N) is 1. The lowest BCUT2D eigenvalue weighted by molar-refractivity contribution is 0.165. The normalized spacial score (nSPS) is 14.1. The van der Waals surface area contributed by atoms with Crippen molar-refractivity contribution in [3.63, 3.8) is 0 Å². The van der Waals surface area contributed by atoms with Crippen molar-refractivity contribution in [3.8, 4) is 0 Å². The maximum Gasteiger partial charge on any atom is 0.0928 e. The maximum absolute atomic E-state index is 10.2. The quantitative estimate of drug-likeness (QED) is 0.874. The van der Waals surface area contributed by atoms with Crippen LogP contribution in [0.1, 0.15) is 32.4 Å². The van der Waals surface area contributed by atoms with Crippen molar-refractivity contribution < 1.29 is 5.11 Å². The number of aliphatic hydroxyl groups is 1. The molecule has 1 aromatic heterocycles. The minimum absolute atomic E-state index is 0.0321. The highest BCUT2D eigenvalue weighted by Crippen LogP contribution is 2.28. The molecule has 2 nitrogen and oxygen atoms in total. The van der Waals surface area contributed by atoms with Gasteiger partial charge in [-0.2, -0.15) is 0 Å². The summed E-state index contributed by atoms with van der Waals surface area (Å²) in [6, 6.07) is 8.19. The van der Waals surface area contributed by atoms with E-state index in [0.29, 0.717) is 6.54 Å². The highest BCUT2D eigenvalue weighted by molar-refractivity contribution is 7.17. The Balaban J connectivity index is 2.19. The minimum atomic E-state index is -0.448. The first kappa shape index (κ1) is 12.6. The highest BCUT2D eigenvalue weighted by atomic mass is 32.1. The van der Waals surface area contributed by atoms with E-state index in [1.165, 1.54) is 10.1 Å². The molecule has 3 heteroatoms. The molecule has 2 rings (SSSR count). The van der Waals surface area contributed by atoms with Crippen LogP contribution in [-0.2, 0) is 0 Å². The predicted octanol–water partition coefficient (Wildman–Crippen LogP) is 3.32. The zero-order chi connectivity index (χ0) is 12.5. The fourth-order valence-electron chi connectivity index (χ4n) is 1.79. The lowest BCUT2D eigenvalue weighted by atomic mass is 10.1. The van der Waals surface area contributed by atoms with Gasteiger partial charge in [-0.1, -0.05) is 18.2 Å². The van der Waals surface area contributed by atoms with Crippen molar-refractivity contribution in [2.75, 3.05) is 6.54 Å². The van der Waals surface area contributed by atoms with Crippen molar-refractivity contribution in [2.24, 2.45) is 0 Å². The fraction of sp³-hybridized carbons (Fsp3) is 0.429. The molecule has 1 aromatic carbocycles. The molecule has 2 aromatic rings. The number of benzene rings is 1. The van der Waals surface area contributed by atoms with Crippen LogP contribution in [-0.4, -0.2) is 17.2 Å². The van der Waals surface area contributed by atoms with Crippen molar-refractivity contribution in [1.29, 1.82) is 0 Å². The SMILES string of the molecule is CC(C)(C)NCC(O)c1cccc2ccsc12. The average Bonchev–Trinajstić information content (AvgIpc) is 2.72. The fourth-order valence-corrected chi connectivity index (χ4v) is 2.75. The van der Waals surface area contributed by atoms with Gasteiger partial charge in [-0.3, -0.25) is 0 Å². The van der Waals surface area contributed by atoms with Gasteiger partial charge in [0, 0.05) is 16.8 Å². The Labute approximate surface area is 106 Å². The number of hydrogen-bond donors (Lipinski definition) is 2. The van der Waals surface area contributed by atoms with Gasteiger partial charge in [-0.15, -0.1) is 11.3 Å². The molecule has 1 heterocycles. The lowest BCUT2D eigenvalue weighted by Gasteiger charge is -2.23. The van der Waals surface area contributed by atoms with E-state index in [2.05, 4.69) is 43.6 Å². The second-order valence-electron chi connectivity index (χ2n) is 5.33. The molecule has 0 saturated carbocycles. The highest BCUT2D eigenvalue weighted by Gasteiger charge is 2.15. The monoisotopic (exact) mass is 249 g/mol. The molecule has 0 aliphatic heterocycles. The van der Waals surface area contributed by atoms with Crippen LogP contribution < -0.4 is 5.32 Å². The molecule has 17 heavy (non-hydrogen) atoms. The van der Waals surface area contributed by atoms with E-state index in [0.717, 1.165) is 5.56 Å². The van der Waals surface area contributed by atoms with E-state index >= 15 is 0 Å². The van der Waals surface area contributed by atoms with Crippen molar-refractivity contribution in [2.45, 2.75) is 32.4 Å². The van der Waals surface area contributed by atoms with Crippen molar-refractivity contribution in [3.05, 3.63) is 35.2 Å². The Morgan fingerprint density at radius 3 is 2.76 bits per heavy atom. The van der Waals surface area contributed by atoms with Crippen LogP contribution in [0.15, 0.2) is 29.6 Å². The summed E-state index contributed by atoms with van der Waals surface area (Å²) in [6.45, 7) is 6.89. The van der Waals surface area contributed by atoms with E-state index in [4.69, 9.17) is 0 Å². The third kappa shape index (κ3) is 3.06. The lowest BCUT2D eigenvalue weighted by Crippen LogP contribution is -2.38. The standard InChI is InChI=1S/C14H19NOS/c1-14(2,3)15-9-12(16)11-6-4-5-10-7-8-17-13(10)11/h4-8,12,15-16H,9H2,1-3H3.